The predicted molar refractivity (Wildman–Crippen MR) is 125 cm³/mol. The fourth-order valence-corrected chi connectivity index (χ4v) is 4.29. The van der Waals surface area contributed by atoms with Crippen LogP contribution in [-0.2, 0) is 12.0 Å². The maximum Gasteiger partial charge on any atom is 0.229 e. The first-order valence-electron chi connectivity index (χ1n) is 10.8. The molecule has 1 aliphatic carbocycles. The smallest absolute Gasteiger partial charge is 0.229 e. The lowest BCUT2D eigenvalue weighted by Crippen LogP contribution is -2.26. The van der Waals surface area contributed by atoms with Gasteiger partial charge in [-0.2, -0.15) is 10.1 Å². The maximum atomic E-state index is 13.5. The molecule has 0 saturated heterocycles. The summed E-state index contributed by atoms with van der Waals surface area (Å²) < 4.78 is 20.7. The summed E-state index contributed by atoms with van der Waals surface area (Å²) in [5, 5.41) is 22.2. The zero-order valence-electron chi connectivity index (χ0n) is 19.0. The summed E-state index contributed by atoms with van der Waals surface area (Å²) in [6.07, 6.45) is 2.65. The molecule has 1 atom stereocenters. The molecule has 4 aromatic rings. The molecule has 0 unspecified atom stereocenters. The van der Waals surface area contributed by atoms with E-state index in [-0.39, 0.29) is 5.82 Å². The van der Waals surface area contributed by atoms with E-state index in [0.717, 1.165) is 11.3 Å². The zero-order valence-corrected chi connectivity index (χ0v) is 19.0. The quantitative estimate of drug-likeness (QED) is 0.400. The number of nitrogens with one attached hydrogen (secondary N) is 2. The summed E-state index contributed by atoms with van der Waals surface area (Å²) in [5.41, 5.74) is 2.04. The molecule has 9 nitrogen and oxygen atoms in total. The van der Waals surface area contributed by atoms with Crippen LogP contribution in [0.3, 0.4) is 0 Å². The number of aliphatic hydroxyl groups is 1. The van der Waals surface area contributed by atoms with E-state index >= 15 is 0 Å². The standard InChI is InChI=1S/C24H24FN7O2/c1-14-27-13-32(31-14)19-9-8-17(12-20(19)34-3)28-23-29-21-18(22(26-2)30-23)10-11-24(21,33)15-4-6-16(25)7-5-15/h4-9,12-13,33H,10-11H2,1-3H3,(H2,26,28,29,30)/t24-/m0/s1. The second-order valence-corrected chi connectivity index (χ2v) is 8.09. The molecular weight excluding hydrogens is 437 g/mol. The Kier molecular flexibility index (Phi) is 5.37. The van der Waals surface area contributed by atoms with Crippen LogP contribution < -0.4 is 15.4 Å². The highest BCUT2D eigenvalue weighted by Crippen LogP contribution is 2.43. The van der Waals surface area contributed by atoms with E-state index in [1.165, 1.54) is 12.1 Å². The van der Waals surface area contributed by atoms with Gasteiger partial charge in [-0.1, -0.05) is 12.1 Å². The van der Waals surface area contributed by atoms with E-state index in [1.54, 1.807) is 37.3 Å². The van der Waals surface area contributed by atoms with Gasteiger partial charge in [0.1, 0.15) is 40.8 Å². The molecule has 0 fully saturated rings. The fourth-order valence-electron chi connectivity index (χ4n) is 4.29. The third-order valence-corrected chi connectivity index (χ3v) is 5.98. The summed E-state index contributed by atoms with van der Waals surface area (Å²) in [4.78, 5) is 13.4. The van der Waals surface area contributed by atoms with Crippen molar-refractivity contribution in [2.24, 2.45) is 0 Å². The molecule has 0 spiro atoms. The fraction of sp³-hybridized carbons (Fsp3) is 0.250. The molecule has 34 heavy (non-hydrogen) atoms. The molecule has 0 amide bonds. The summed E-state index contributed by atoms with van der Waals surface area (Å²) in [6.45, 7) is 1.82. The Labute approximate surface area is 195 Å². The first kappa shape index (κ1) is 21.8. The molecular formula is C24H24FN7O2. The number of aryl methyl sites for hydroxylation is 1. The molecule has 1 aliphatic rings. The molecule has 5 rings (SSSR count). The van der Waals surface area contributed by atoms with E-state index in [4.69, 9.17) is 4.74 Å². The number of fused-ring (bicyclic) bond motifs is 1. The Hall–Kier alpha value is -4.05. The van der Waals surface area contributed by atoms with Gasteiger partial charge in [0, 0.05) is 24.4 Å². The molecule has 10 heteroatoms. The minimum absolute atomic E-state index is 0.317. The SMILES string of the molecule is CNc1nc(Nc2ccc(-n3cnc(C)n3)c(OC)c2)nc2c1CC[C@]2(O)c1ccc(F)cc1. The van der Waals surface area contributed by atoms with Crippen LogP contribution in [0.15, 0.2) is 48.8 Å². The highest BCUT2D eigenvalue weighted by Gasteiger charge is 2.42. The largest absolute Gasteiger partial charge is 0.494 e. The summed E-state index contributed by atoms with van der Waals surface area (Å²) in [6, 6.07) is 11.4. The predicted octanol–water partition coefficient (Wildman–Crippen LogP) is 3.48. The number of hydrogen-bond acceptors (Lipinski definition) is 8. The van der Waals surface area contributed by atoms with Crippen LogP contribution in [0.2, 0.25) is 0 Å². The number of halogens is 1. The maximum absolute atomic E-state index is 13.5. The molecule has 2 aromatic heterocycles. The average Bonchev–Trinajstić information content (AvgIpc) is 3.43. The normalized spacial score (nSPS) is 16.9. The molecule has 2 aromatic carbocycles. The Balaban J connectivity index is 1.51. The van der Waals surface area contributed by atoms with Crippen molar-refractivity contribution in [2.75, 3.05) is 24.8 Å². The Morgan fingerprint density at radius 3 is 2.62 bits per heavy atom. The molecule has 2 heterocycles. The minimum Gasteiger partial charge on any atom is -0.494 e. The van der Waals surface area contributed by atoms with E-state index in [0.29, 0.717) is 53.1 Å². The van der Waals surface area contributed by atoms with Crippen molar-refractivity contribution in [3.05, 3.63) is 77.3 Å². The van der Waals surface area contributed by atoms with Crippen LogP contribution in [0.1, 0.15) is 29.1 Å². The lowest BCUT2D eigenvalue weighted by Gasteiger charge is -2.24. The van der Waals surface area contributed by atoms with Crippen molar-refractivity contribution < 1.29 is 14.2 Å². The molecule has 0 radical (unpaired) electrons. The number of ether oxygens (including phenoxy) is 1. The van der Waals surface area contributed by atoms with Gasteiger partial charge in [0.15, 0.2) is 0 Å². The van der Waals surface area contributed by atoms with Crippen molar-refractivity contribution in [1.82, 2.24) is 24.7 Å². The summed E-state index contributed by atoms with van der Waals surface area (Å²) in [5.74, 6) is 1.84. The topological polar surface area (TPSA) is 110 Å². The highest BCUT2D eigenvalue weighted by molar-refractivity contribution is 5.64. The lowest BCUT2D eigenvalue weighted by atomic mass is 9.91. The average molecular weight is 462 g/mol. The third kappa shape index (κ3) is 3.71. The van der Waals surface area contributed by atoms with E-state index in [2.05, 4.69) is 30.7 Å². The monoisotopic (exact) mass is 461 g/mol. The highest BCUT2D eigenvalue weighted by atomic mass is 19.1. The molecule has 0 bridgehead atoms. The lowest BCUT2D eigenvalue weighted by molar-refractivity contribution is 0.0788. The first-order chi connectivity index (χ1) is 16.4. The minimum atomic E-state index is -1.33. The first-order valence-corrected chi connectivity index (χ1v) is 10.8. The van der Waals surface area contributed by atoms with Crippen molar-refractivity contribution in [2.45, 2.75) is 25.4 Å². The van der Waals surface area contributed by atoms with Crippen LogP contribution in [0, 0.1) is 12.7 Å². The summed E-state index contributed by atoms with van der Waals surface area (Å²) >= 11 is 0. The van der Waals surface area contributed by atoms with Crippen LogP contribution in [-0.4, -0.2) is 44.0 Å². The number of benzene rings is 2. The van der Waals surface area contributed by atoms with Gasteiger partial charge in [-0.05, 0) is 49.6 Å². The molecule has 0 aliphatic heterocycles. The van der Waals surface area contributed by atoms with Gasteiger partial charge in [-0.15, -0.1) is 0 Å². The second kappa shape index (κ2) is 8.38. The number of hydrogen-bond donors (Lipinski definition) is 3. The van der Waals surface area contributed by atoms with Gasteiger partial charge in [0.05, 0.1) is 12.8 Å². The molecule has 174 valence electrons. The van der Waals surface area contributed by atoms with Gasteiger partial charge >= 0.3 is 0 Å². The van der Waals surface area contributed by atoms with Crippen LogP contribution >= 0.6 is 0 Å². The van der Waals surface area contributed by atoms with Gasteiger partial charge in [-0.25, -0.2) is 19.0 Å². The molecule has 0 saturated carbocycles. The number of rotatable bonds is 6. The van der Waals surface area contributed by atoms with Crippen molar-refractivity contribution in [3.8, 4) is 11.4 Å². The van der Waals surface area contributed by atoms with Crippen molar-refractivity contribution in [1.29, 1.82) is 0 Å². The van der Waals surface area contributed by atoms with E-state index in [9.17, 15) is 9.50 Å². The Morgan fingerprint density at radius 2 is 1.94 bits per heavy atom. The van der Waals surface area contributed by atoms with Crippen LogP contribution in [0.4, 0.5) is 21.8 Å². The van der Waals surface area contributed by atoms with Crippen molar-refractivity contribution in [3.63, 3.8) is 0 Å². The van der Waals surface area contributed by atoms with Crippen molar-refractivity contribution >= 4 is 17.5 Å². The summed E-state index contributed by atoms with van der Waals surface area (Å²) in [7, 11) is 3.36. The zero-order chi connectivity index (χ0) is 23.9. The Bertz CT molecular complexity index is 1360. The third-order valence-electron chi connectivity index (χ3n) is 5.98. The number of nitrogens with zero attached hydrogens (tertiary/aromatic N) is 5. The van der Waals surface area contributed by atoms with Gasteiger partial charge < -0.3 is 20.5 Å². The second-order valence-electron chi connectivity index (χ2n) is 8.09. The van der Waals surface area contributed by atoms with Gasteiger partial charge in [0.25, 0.3) is 0 Å². The number of anilines is 3. The van der Waals surface area contributed by atoms with Gasteiger partial charge in [0.2, 0.25) is 5.95 Å². The van der Waals surface area contributed by atoms with Crippen LogP contribution in [0.25, 0.3) is 5.69 Å². The van der Waals surface area contributed by atoms with Gasteiger partial charge in [-0.3, -0.25) is 0 Å². The Morgan fingerprint density at radius 1 is 1.15 bits per heavy atom. The number of aromatic nitrogens is 5. The number of methoxy groups -OCH3 is 1. The van der Waals surface area contributed by atoms with Crippen LogP contribution in [0.5, 0.6) is 5.75 Å². The van der Waals surface area contributed by atoms with E-state index < -0.39 is 5.60 Å². The molecule has 3 N–H and O–H groups in total. The van der Waals surface area contributed by atoms with E-state index in [1.807, 2.05) is 25.1 Å².